The van der Waals surface area contributed by atoms with Crippen LogP contribution in [-0.2, 0) is 9.59 Å². The molecule has 6 heteroatoms. The molecule has 0 aliphatic rings. The minimum atomic E-state index is -0.559. The van der Waals surface area contributed by atoms with Gasteiger partial charge in [0.25, 0.3) is 0 Å². The largest absolute Gasteiger partial charge is 0.496 e. The number of nitrogens with one attached hydrogen (secondary N) is 2. The number of ether oxygens (including phenoxy) is 1. The van der Waals surface area contributed by atoms with E-state index in [-0.39, 0.29) is 17.9 Å². The molecule has 0 fully saturated rings. The smallest absolute Gasteiger partial charge is 0.242 e. The van der Waals surface area contributed by atoms with E-state index in [0.29, 0.717) is 0 Å². The second-order valence-corrected chi connectivity index (χ2v) is 5.40. The lowest BCUT2D eigenvalue weighted by Gasteiger charge is -2.19. The van der Waals surface area contributed by atoms with Crippen molar-refractivity contribution in [2.45, 2.75) is 32.9 Å². The van der Waals surface area contributed by atoms with Gasteiger partial charge in [-0.05, 0) is 47.5 Å². The first-order chi connectivity index (χ1) is 9.35. The summed E-state index contributed by atoms with van der Waals surface area (Å²) in [4.78, 5) is 22.8. The van der Waals surface area contributed by atoms with Crippen LogP contribution >= 0.6 is 15.9 Å². The van der Waals surface area contributed by atoms with Crippen LogP contribution in [0.1, 0.15) is 32.4 Å². The highest BCUT2D eigenvalue weighted by Crippen LogP contribution is 2.27. The SMILES string of the molecule is COc1ccc(C(C)NC(=O)C(C)NC(C)=O)cc1Br. The Morgan fingerprint density at radius 3 is 2.40 bits per heavy atom. The Hall–Kier alpha value is -1.56. The third-order valence-electron chi connectivity index (χ3n) is 2.85. The van der Waals surface area contributed by atoms with Crippen molar-refractivity contribution in [1.82, 2.24) is 10.6 Å². The number of benzene rings is 1. The Morgan fingerprint density at radius 2 is 1.90 bits per heavy atom. The molecule has 0 radical (unpaired) electrons. The topological polar surface area (TPSA) is 67.4 Å². The van der Waals surface area contributed by atoms with E-state index in [2.05, 4.69) is 26.6 Å². The molecular formula is C14H19BrN2O3. The Morgan fingerprint density at radius 1 is 1.25 bits per heavy atom. The lowest BCUT2D eigenvalue weighted by atomic mass is 10.1. The van der Waals surface area contributed by atoms with Gasteiger partial charge in [0.1, 0.15) is 11.8 Å². The molecule has 0 bridgehead atoms. The van der Waals surface area contributed by atoms with Gasteiger partial charge in [0.15, 0.2) is 0 Å². The number of methoxy groups -OCH3 is 1. The molecule has 1 rings (SSSR count). The van der Waals surface area contributed by atoms with E-state index in [1.54, 1.807) is 14.0 Å². The van der Waals surface area contributed by atoms with Crippen molar-refractivity contribution >= 4 is 27.7 Å². The van der Waals surface area contributed by atoms with Crippen LogP contribution in [0.5, 0.6) is 5.75 Å². The summed E-state index contributed by atoms with van der Waals surface area (Å²) in [7, 11) is 1.60. The molecule has 0 aliphatic carbocycles. The molecular weight excluding hydrogens is 324 g/mol. The highest BCUT2D eigenvalue weighted by Gasteiger charge is 2.17. The number of hydrogen-bond donors (Lipinski definition) is 2. The van der Waals surface area contributed by atoms with Crippen LogP contribution in [0.15, 0.2) is 22.7 Å². The third kappa shape index (κ3) is 4.52. The van der Waals surface area contributed by atoms with E-state index in [9.17, 15) is 9.59 Å². The van der Waals surface area contributed by atoms with Crippen LogP contribution < -0.4 is 15.4 Å². The van der Waals surface area contributed by atoms with Crippen molar-refractivity contribution in [3.05, 3.63) is 28.2 Å². The lowest BCUT2D eigenvalue weighted by molar-refractivity contribution is -0.128. The maximum Gasteiger partial charge on any atom is 0.242 e. The van der Waals surface area contributed by atoms with Crippen LogP contribution in [0.25, 0.3) is 0 Å². The lowest BCUT2D eigenvalue weighted by Crippen LogP contribution is -2.44. The van der Waals surface area contributed by atoms with Gasteiger partial charge >= 0.3 is 0 Å². The molecule has 5 nitrogen and oxygen atoms in total. The number of carbonyl (C=O) groups is 2. The minimum absolute atomic E-state index is 0.166. The van der Waals surface area contributed by atoms with Crippen molar-refractivity contribution in [2.75, 3.05) is 7.11 Å². The summed E-state index contributed by atoms with van der Waals surface area (Å²) >= 11 is 3.41. The fourth-order valence-corrected chi connectivity index (χ4v) is 2.30. The maximum atomic E-state index is 11.9. The van der Waals surface area contributed by atoms with Crippen molar-refractivity contribution < 1.29 is 14.3 Å². The minimum Gasteiger partial charge on any atom is -0.496 e. The zero-order valence-corrected chi connectivity index (χ0v) is 13.6. The van der Waals surface area contributed by atoms with Crippen LogP contribution in [0.2, 0.25) is 0 Å². The molecule has 0 aromatic heterocycles. The molecule has 2 atom stereocenters. The van der Waals surface area contributed by atoms with Gasteiger partial charge in [-0.25, -0.2) is 0 Å². The second kappa shape index (κ2) is 7.28. The molecule has 1 aromatic carbocycles. The van der Waals surface area contributed by atoms with Crippen molar-refractivity contribution in [3.63, 3.8) is 0 Å². The molecule has 0 saturated carbocycles. The van der Waals surface area contributed by atoms with Crippen LogP contribution in [0, 0.1) is 0 Å². The fraction of sp³-hybridized carbons (Fsp3) is 0.429. The van der Waals surface area contributed by atoms with E-state index >= 15 is 0 Å². The first kappa shape index (κ1) is 16.5. The maximum absolute atomic E-state index is 11.9. The molecule has 0 spiro atoms. The van der Waals surface area contributed by atoms with Crippen molar-refractivity contribution in [3.8, 4) is 5.75 Å². The highest BCUT2D eigenvalue weighted by molar-refractivity contribution is 9.10. The monoisotopic (exact) mass is 342 g/mol. The molecule has 2 amide bonds. The summed E-state index contributed by atoms with van der Waals surface area (Å²) < 4.78 is 5.99. The van der Waals surface area contributed by atoms with Gasteiger partial charge in [-0.2, -0.15) is 0 Å². The number of amides is 2. The average molecular weight is 343 g/mol. The number of hydrogen-bond acceptors (Lipinski definition) is 3. The zero-order chi connectivity index (χ0) is 15.3. The van der Waals surface area contributed by atoms with Gasteiger partial charge in [-0.15, -0.1) is 0 Å². The van der Waals surface area contributed by atoms with Gasteiger partial charge in [0.2, 0.25) is 11.8 Å². The molecule has 20 heavy (non-hydrogen) atoms. The highest BCUT2D eigenvalue weighted by atomic mass is 79.9. The van der Waals surface area contributed by atoms with Crippen LogP contribution in [0.3, 0.4) is 0 Å². The van der Waals surface area contributed by atoms with Crippen LogP contribution in [-0.4, -0.2) is 25.0 Å². The molecule has 1 aromatic rings. The molecule has 2 unspecified atom stereocenters. The molecule has 0 saturated heterocycles. The number of halogens is 1. The molecule has 2 N–H and O–H groups in total. The Balaban J connectivity index is 2.71. The fourth-order valence-electron chi connectivity index (χ4n) is 1.74. The Bertz CT molecular complexity index is 505. The predicted octanol–water partition coefficient (Wildman–Crippen LogP) is 2.16. The first-order valence-corrected chi connectivity index (χ1v) is 7.05. The summed E-state index contributed by atoms with van der Waals surface area (Å²) in [5.41, 5.74) is 0.945. The van der Waals surface area contributed by atoms with E-state index in [1.165, 1.54) is 6.92 Å². The third-order valence-corrected chi connectivity index (χ3v) is 3.47. The summed E-state index contributed by atoms with van der Waals surface area (Å²) in [5.74, 6) is 0.283. The number of rotatable bonds is 5. The molecule has 0 heterocycles. The van der Waals surface area contributed by atoms with Gasteiger partial charge in [-0.1, -0.05) is 6.07 Å². The van der Waals surface area contributed by atoms with E-state index in [4.69, 9.17) is 4.74 Å². The first-order valence-electron chi connectivity index (χ1n) is 6.26. The van der Waals surface area contributed by atoms with E-state index < -0.39 is 6.04 Å². The van der Waals surface area contributed by atoms with E-state index in [0.717, 1.165) is 15.8 Å². The quantitative estimate of drug-likeness (QED) is 0.861. The molecule has 0 aliphatic heterocycles. The Labute approximate surface area is 127 Å². The second-order valence-electron chi connectivity index (χ2n) is 4.55. The summed E-state index contributed by atoms with van der Waals surface area (Å²) in [6.45, 7) is 4.91. The average Bonchev–Trinajstić information content (AvgIpc) is 2.37. The van der Waals surface area contributed by atoms with E-state index in [1.807, 2.05) is 25.1 Å². The van der Waals surface area contributed by atoms with Gasteiger partial charge < -0.3 is 15.4 Å². The van der Waals surface area contributed by atoms with Gasteiger partial charge in [-0.3, -0.25) is 9.59 Å². The van der Waals surface area contributed by atoms with Crippen molar-refractivity contribution in [1.29, 1.82) is 0 Å². The number of carbonyl (C=O) groups excluding carboxylic acids is 2. The summed E-state index contributed by atoms with van der Waals surface area (Å²) in [6, 6.07) is 4.89. The zero-order valence-electron chi connectivity index (χ0n) is 12.0. The molecule has 110 valence electrons. The Kier molecular flexibility index (Phi) is 6.01. The summed E-state index contributed by atoms with van der Waals surface area (Å²) in [5, 5.41) is 5.40. The summed E-state index contributed by atoms with van der Waals surface area (Å²) in [6.07, 6.45) is 0. The van der Waals surface area contributed by atoms with Crippen molar-refractivity contribution in [2.24, 2.45) is 0 Å². The standard InChI is InChI=1S/C14H19BrN2O3/c1-8(17-14(19)9(2)16-10(3)18)11-5-6-13(20-4)12(15)7-11/h5-9H,1-4H3,(H,16,18)(H,17,19). The normalized spacial score (nSPS) is 13.2. The predicted molar refractivity (Wildman–Crippen MR) is 80.5 cm³/mol. The van der Waals surface area contributed by atoms with Gasteiger partial charge in [0, 0.05) is 6.92 Å². The van der Waals surface area contributed by atoms with Crippen LogP contribution in [0.4, 0.5) is 0 Å². The van der Waals surface area contributed by atoms with Gasteiger partial charge in [0.05, 0.1) is 17.6 Å².